The molecule has 1 heterocycles. The molecular formula is C22H17Br2NO2. The average Bonchev–Trinajstić information content (AvgIpc) is 2.68. The SMILES string of the molecule is O=C(CC(CC(=O)c1cccc(Br)c1)c1cccnc1)c1cccc(Br)c1. The summed E-state index contributed by atoms with van der Waals surface area (Å²) in [5.74, 6) is -0.212. The van der Waals surface area contributed by atoms with Crippen molar-refractivity contribution in [2.24, 2.45) is 0 Å². The molecule has 0 spiro atoms. The van der Waals surface area contributed by atoms with Gasteiger partial charge in [-0.25, -0.2) is 0 Å². The van der Waals surface area contributed by atoms with Gasteiger partial charge >= 0.3 is 0 Å². The molecule has 2 aromatic carbocycles. The van der Waals surface area contributed by atoms with Crippen LogP contribution in [0.4, 0.5) is 0 Å². The summed E-state index contributed by atoms with van der Waals surface area (Å²) in [6.07, 6.45) is 3.92. The number of nitrogens with zero attached hydrogens (tertiary/aromatic N) is 1. The second-order valence-corrected chi connectivity index (χ2v) is 8.09. The zero-order valence-corrected chi connectivity index (χ0v) is 17.6. The Balaban J connectivity index is 1.83. The van der Waals surface area contributed by atoms with Gasteiger partial charge in [-0.05, 0) is 41.8 Å². The predicted octanol–water partition coefficient (Wildman–Crippen LogP) is 6.24. The summed E-state index contributed by atoms with van der Waals surface area (Å²) in [4.78, 5) is 29.7. The van der Waals surface area contributed by atoms with E-state index in [4.69, 9.17) is 0 Å². The highest BCUT2D eigenvalue weighted by Crippen LogP contribution is 2.28. The van der Waals surface area contributed by atoms with Crippen molar-refractivity contribution in [2.75, 3.05) is 0 Å². The molecule has 0 amide bonds. The Labute approximate surface area is 175 Å². The molecule has 0 atom stereocenters. The van der Waals surface area contributed by atoms with E-state index in [1.807, 2.05) is 36.4 Å². The molecule has 136 valence electrons. The number of hydrogen-bond donors (Lipinski definition) is 0. The maximum atomic E-state index is 12.8. The lowest BCUT2D eigenvalue weighted by Crippen LogP contribution is -2.13. The van der Waals surface area contributed by atoms with Crippen LogP contribution >= 0.6 is 31.9 Å². The van der Waals surface area contributed by atoms with Crippen LogP contribution in [0.2, 0.25) is 0 Å². The molecule has 1 aromatic heterocycles. The van der Waals surface area contributed by atoms with Crippen molar-refractivity contribution >= 4 is 43.4 Å². The van der Waals surface area contributed by atoms with Gasteiger partial charge in [-0.3, -0.25) is 14.6 Å². The van der Waals surface area contributed by atoms with E-state index in [2.05, 4.69) is 36.8 Å². The van der Waals surface area contributed by atoms with Gasteiger partial charge in [0.05, 0.1) is 0 Å². The minimum absolute atomic E-state index is 0.00666. The monoisotopic (exact) mass is 485 g/mol. The Bertz CT molecular complexity index is 898. The zero-order chi connectivity index (χ0) is 19.2. The van der Waals surface area contributed by atoms with Gasteiger partial charge in [-0.1, -0.05) is 62.2 Å². The van der Waals surface area contributed by atoms with E-state index in [1.54, 1.807) is 36.7 Å². The number of halogens is 2. The van der Waals surface area contributed by atoms with E-state index in [1.165, 1.54) is 0 Å². The summed E-state index contributed by atoms with van der Waals surface area (Å²) in [5, 5.41) is 0. The molecule has 27 heavy (non-hydrogen) atoms. The molecular weight excluding hydrogens is 470 g/mol. The highest BCUT2D eigenvalue weighted by molar-refractivity contribution is 9.10. The molecule has 0 aliphatic heterocycles. The quantitative estimate of drug-likeness (QED) is 0.371. The topological polar surface area (TPSA) is 47.0 Å². The Morgan fingerprint density at radius 1 is 0.815 bits per heavy atom. The first-order valence-electron chi connectivity index (χ1n) is 8.50. The highest BCUT2D eigenvalue weighted by atomic mass is 79.9. The van der Waals surface area contributed by atoms with E-state index in [9.17, 15) is 9.59 Å². The average molecular weight is 487 g/mol. The van der Waals surface area contributed by atoms with Crippen LogP contribution < -0.4 is 0 Å². The minimum atomic E-state index is -0.225. The van der Waals surface area contributed by atoms with E-state index < -0.39 is 0 Å². The summed E-state index contributed by atoms with van der Waals surface area (Å²) < 4.78 is 1.72. The summed E-state index contributed by atoms with van der Waals surface area (Å²) in [6, 6.07) is 18.4. The van der Waals surface area contributed by atoms with Crippen LogP contribution in [0.5, 0.6) is 0 Å². The van der Waals surface area contributed by atoms with Crippen LogP contribution in [-0.2, 0) is 0 Å². The van der Waals surface area contributed by atoms with Crippen molar-refractivity contribution in [1.82, 2.24) is 4.98 Å². The number of carbonyl (C=O) groups excluding carboxylic acids is 2. The van der Waals surface area contributed by atoms with Crippen LogP contribution in [0.1, 0.15) is 45.0 Å². The lowest BCUT2D eigenvalue weighted by Gasteiger charge is -2.16. The molecule has 3 nitrogen and oxygen atoms in total. The normalized spacial score (nSPS) is 10.8. The predicted molar refractivity (Wildman–Crippen MR) is 113 cm³/mol. The van der Waals surface area contributed by atoms with Gasteiger partial charge < -0.3 is 0 Å². The second-order valence-electron chi connectivity index (χ2n) is 6.26. The molecule has 0 saturated carbocycles. The van der Waals surface area contributed by atoms with Gasteiger partial charge in [-0.2, -0.15) is 0 Å². The maximum Gasteiger partial charge on any atom is 0.163 e. The van der Waals surface area contributed by atoms with Crippen molar-refractivity contribution in [1.29, 1.82) is 0 Å². The standard InChI is InChI=1S/C22H17Br2NO2/c23-19-7-1-4-15(10-19)21(26)12-18(17-6-3-9-25-14-17)13-22(27)16-5-2-8-20(24)11-16/h1-11,14,18H,12-13H2. The summed E-state index contributed by atoms with van der Waals surface area (Å²) >= 11 is 6.80. The maximum absolute atomic E-state index is 12.8. The van der Waals surface area contributed by atoms with Gasteiger partial charge in [-0.15, -0.1) is 0 Å². The van der Waals surface area contributed by atoms with E-state index in [0.29, 0.717) is 11.1 Å². The van der Waals surface area contributed by atoms with Crippen molar-refractivity contribution < 1.29 is 9.59 Å². The number of Topliss-reactive ketones (excluding diaryl/α,β-unsaturated/α-hetero) is 2. The second kappa shape index (κ2) is 9.20. The Hall–Kier alpha value is -2.11. The number of ketones is 2. The minimum Gasteiger partial charge on any atom is -0.294 e. The van der Waals surface area contributed by atoms with E-state index >= 15 is 0 Å². The number of hydrogen-bond acceptors (Lipinski definition) is 3. The largest absolute Gasteiger partial charge is 0.294 e. The Morgan fingerprint density at radius 3 is 1.81 bits per heavy atom. The third kappa shape index (κ3) is 5.44. The molecule has 0 aliphatic carbocycles. The Kier molecular flexibility index (Phi) is 6.69. The van der Waals surface area contributed by atoms with Crippen molar-refractivity contribution in [3.8, 4) is 0 Å². The molecule has 0 radical (unpaired) electrons. The molecule has 0 unspecified atom stereocenters. The van der Waals surface area contributed by atoms with Gasteiger partial charge in [0.15, 0.2) is 11.6 Å². The first kappa shape index (κ1) is 19.6. The van der Waals surface area contributed by atoms with Crippen LogP contribution in [0.15, 0.2) is 82.0 Å². The number of aromatic nitrogens is 1. The van der Waals surface area contributed by atoms with Crippen molar-refractivity contribution in [3.63, 3.8) is 0 Å². The number of rotatable bonds is 7. The third-order valence-electron chi connectivity index (χ3n) is 4.31. The molecule has 0 saturated heterocycles. The van der Waals surface area contributed by atoms with Gasteiger partial charge in [0.2, 0.25) is 0 Å². The molecule has 3 rings (SSSR count). The van der Waals surface area contributed by atoms with Gasteiger partial charge in [0.25, 0.3) is 0 Å². The number of benzene rings is 2. The highest BCUT2D eigenvalue weighted by Gasteiger charge is 2.21. The van der Waals surface area contributed by atoms with Crippen molar-refractivity contribution in [3.05, 3.63) is 98.7 Å². The van der Waals surface area contributed by atoms with Crippen LogP contribution in [0, 0.1) is 0 Å². The van der Waals surface area contributed by atoms with Crippen molar-refractivity contribution in [2.45, 2.75) is 18.8 Å². The molecule has 0 N–H and O–H groups in total. The van der Waals surface area contributed by atoms with Gasteiger partial charge in [0.1, 0.15) is 0 Å². The fourth-order valence-corrected chi connectivity index (χ4v) is 3.73. The third-order valence-corrected chi connectivity index (χ3v) is 5.30. The smallest absolute Gasteiger partial charge is 0.163 e. The van der Waals surface area contributed by atoms with Crippen LogP contribution in [-0.4, -0.2) is 16.6 Å². The molecule has 0 aliphatic rings. The fraction of sp³-hybridized carbons (Fsp3) is 0.136. The van der Waals surface area contributed by atoms with E-state index in [-0.39, 0.29) is 30.3 Å². The van der Waals surface area contributed by atoms with E-state index in [0.717, 1.165) is 14.5 Å². The zero-order valence-electron chi connectivity index (χ0n) is 14.4. The molecule has 0 fully saturated rings. The molecule has 3 aromatic rings. The van der Waals surface area contributed by atoms with Gasteiger partial charge in [0, 0.05) is 45.3 Å². The van der Waals surface area contributed by atoms with Crippen LogP contribution in [0.3, 0.4) is 0 Å². The number of carbonyl (C=O) groups is 2. The molecule has 5 heteroatoms. The summed E-state index contributed by atoms with van der Waals surface area (Å²) in [5.41, 5.74) is 2.16. The lowest BCUT2D eigenvalue weighted by molar-refractivity contribution is 0.0944. The Morgan fingerprint density at radius 2 is 1.37 bits per heavy atom. The number of pyridine rings is 1. The first-order valence-corrected chi connectivity index (χ1v) is 10.1. The lowest BCUT2D eigenvalue weighted by atomic mass is 9.87. The molecule has 0 bridgehead atoms. The summed E-state index contributed by atoms with van der Waals surface area (Å²) in [6.45, 7) is 0. The first-order chi connectivity index (χ1) is 13.0. The van der Waals surface area contributed by atoms with Crippen LogP contribution in [0.25, 0.3) is 0 Å². The summed E-state index contributed by atoms with van der Waals surface area (Å²) in [7, 11) is 0. The fourth-order valence-electron chi connectivity index (χ4n) is 2.93.